The third-order valence-electron chi connectivity index (χ3n) is 5.95. The van der Waals surface area contributed by atoms with E-state index in [9.17, 15) is 29.4 Å². The highest BCUT2D eigenvalue weighted by Crippen LogP contribution is 2.44. The lowest BCUT2D eigenvalue weighted by atomic mass is 9.68. The summed E-state index contributed by atoms with van der Waals surface area (Å²) in [5.74, 6) is -3.60. The predicted octanol–water partition coefficient (Wildman–Crippen LogP) is 0.654. The number of carboxylic acid groups (broad SMARTS) is 2. The molecule has 8 N–H and O–H groups in total. The maximum Gasteiger partial charge on any atom is 0.349 e. The van der Waals surface area contributed by atoms with Crippen molar-refractivity contribution in [2.24, 2.45) is 0 Å². The Bertz CT molecular complexity index is 1140. The molecule has 196 valence electrons. The quantitative estimate of drug-likeness (QED) is 0.270. The molecule has 0 heterocycles. The van der Waals surface area contributed by atoms with Crippen molar-refractivity contribution < 1.29 is 50.6 Å². The molecule has 0 saturated heterocycles. The van der Waals surface area contributed by atoms with Gasteiger partial charge in [0.1, 0.15) is 30.9 Å². The molecule has 3 rings (SSSR count). The van der Waals surface area contributed by atoms with Crippen molar-refractivity contribution >= 4 is 29.2 Å². The average molecular weight is 507 g/mol. The maximum atomic E-state index is 11.0. The van der Waals surface area contributed by atoms with E-state index in [1.807, 2.05) is 0 Å². The van der Waals surface area contributed by atoms with Crippen LogP contribution < -0.4 is 4.90 Å². The van der Waals surface area contributed by atoms with Crippen LogP contribution in [0.15, 0.2) is 53.3 Å². The van der Waals surface area contributed by atoms with Crippen molar-refractivity contribution in [3.05, 3.63) is 58.8 Å². The fourth-order valence-corrected chi connectivity index (χ4v) is 4.19. The molecule has 1 aromatic carbocycles. The molecule has 2 aliphatic rings. The number of anilines is 1. The Morgan fingerprint density at radius 3 is 2.03 bits per heavy atom. The molecule has 12 nitrogen and oxygen atoms in total. The number of aliphatic hydroxyl groups is 1. The van der Waals surface area contributed by atoms with Gasteiger partial charge in [-0.3, -0.25) is 19.2 Å². The highest BCUT2D eigenvalue weighted by Gasteiger charge is 2.54. The summed E-state index contributed by atoms with van der Waals surface area (Å²) in [6, 6.07) is 4.51. The first-order valence-corrected chi connectivity index (χ1v) is 10.8. The van der Waals surface area contributed by atoms with E-state index < -0.39 is 24.0 Å². The van der Waals surface area contributed by atoms with Crippen LogP contribution in [0.1, 0.15) is 25.3 Å². The molecule has 0 aliphatic heterocycles. The largest absolute Gasteiger partial charge is 0.870 e. The van der Waals surface area contributed by atoms with E-state index >= 15 is 0 Å². The van der Waals surface area contributed by atoms with Gasteiger partial charge in [0.2, 0.25) is 0 Å². The van der Waals surface area contributed by atoms with Crippen LogP contribution in [0.4, 0.5) is 5.69 Å². The Hall–Kier alpha value is -4.00. The number of rotatable bonds is 9. The molecule has 0 spiro atoms. The predicted molar refractivity (Wildman–Crippen MR) is 129 cm³/mol. The summed E-state index contributed by atoms with van der Waals surface area (Å²) < 4.78 is 0. The SMILES string of the molecule is CCN(CC(=O)O)C1=CC(=[OH+])C(=C2C(=[OH+])C(c3ccc(N(CC)CC(=O)O)cc3O)C2O)C=C1.[OH-].[OH-]. The molecule has 1 aromatic rings. The second-order valence-corrected chi connectivity index (χ2v) is 7.98. The van der Waals surface area contributed by atoms with Crippen LogP contribution in [0, 0.1) is 0 Å². The lowest BCUT2D eigenvalue weighted by Crippen LogP contribution is -2.45. The van der Waals surface area contributed by atoms with Crippen molar-refractivity contribution in [2.45, 2.75) is 25.9 Å². The molecule has 1 fully saturated rings. The van der Waals surface area contributed by atoms with E-state index in [0.29, 0.717) is 24.5 Å². The topological polar surface area (TPSA) is 224 Å². The van der Waals surface area contributed by atoms with Crippen LogP contribution in [0.3, 0.4) is 0 Å². The number of nitrogens with zero attached hydrogens (tertiary/aromatic N) is 2. The number of aliphatic hydroxyl groups excluding tert-OH is 1. The van der Waals surface area contributed by atoms with E-state index in [2.05, 4.69) is 0 Å². The molecule has 36 heavy (non-hydrogen) atoms. The molecule has 0 aromatic heterocycles. The summed E-state index contributed by atoms with van der Waals surface area (Å²) in [7, 11) is 0. The minimum atomic E-state index is -1.21. The number of benzene rings is 1. The monoisotopic (exact) mass is 506 g/mol. The summed E-state index contributed by atoms with van der Waals surface area (Å²) in [6.07, 6.45) is 3.25. The first kappa shape index (κ1) is 30.0. The van der Waals surface area contributed by atoms with Crippen molar-refractivity contribution in [1.29, 1.82) is 0 Å². The molecular weight excluding hydrogens is 476 g/mol. The number of phenolic OH excluding ortho intramolecular Hbond substituents is 1. The van der Waals surface area contributed by atoms with E-state index in [0.717, 1.165) is 0 Å². The van der Waals surface area contributed by atoms with Crippen molar-refractivity contribution in [2.75, 3.05) is 31.1 Å². The number of carbonyl (C=O) groups is 2. The van der Waals surface area contributed by atoms with Crippen LogP contribution in [-0.2, 0) is 9.59 Å². The first-order chi connectivity index (χ1) is 16.1. The summed E-state index contributed by atoms with van der Waals surface area (Å²) in [5, 5.41) is 39.4. The second-order valence-electron chi connectivity index (χ2n) is 7.98. The molecule has 2 atom stereocenters. The van der Waals surface area contributed by atoms with Gasteiger partial charge in [0.05, 0.1) is 17.2 Å². The van der Waals surface area contributed by atoms with Gasteiger partial charge in [-0.15, -0.1) is 0 Å². The maximum absolute atomic E-state index is 11.0. The number of phenols is 1. The third-order valence-corrected chi connectivity index (χ3v) is 5.95. The molecule has 12 heteroatoms. The molecule has 1 saturated carbocycles. The second kappa shape index (κ2) is 12.1. The number of hydrogen-bond donors (Lipinski definition) is 4. The normalized spacial score (nSPS) is 20.5. The summed E-state index contributed by atoms with van der Waals surface area (Å²) in [5.41, 5.74) is 1.54. The number of ketones is 2. The van der Waals surface area contributed by atoms with Gasteiger partial charge in [0, 0.05) is 36.1 Å². The minimum Gasteiger partial charge on any atom is -0.870 e. The first-order valence-electron chi connectivity index (χ1n) is 10.8. The van der Waals surface area contributed by atoms with Crippen LogP contribution in [0.5, 0.6) is 5.75 Å². The molecule has 0 amide bonds. The highest BCUT2D eigenvalue weighted by molar-refractivity contribution is 6.20. The van der Waals surface area contributed by atoms with Crippen molar-refractivity contribution in [3.63, 3.8) is 0 Å². The Morgan fingerprint density at radius 1 is 0.972 bits per heavy atom. The van der Waals surface area contributed by atoms with Gasteiger partial charge in [-0.2, -0.15) is 0 Å². The van der Waals surface area contributed by atoms with E-state index in [1.54, 1.807) is 35.8 Å². The average Bonchev–Trinajstić information content (AvgIpc) is 2.78. The van der Waals surface area contributed by atoms with Crippen LogP contribution in [-0.4, -0.2) is 102 Å². The zero-order valence-electron chi connectivity index (χ0n) is 19.7. The Kier molecular flexibility index (Phi) is 10.1. The standard InChI is InChI=1S/C24H26N2O8.2H2O/c1-3-25(11-19(29)30)13-5-7-15(17(27)9-13)21-23(33)22(24(21)34)16-8-6-14(10-18(16)28)26(4-2)12-20(31)32;;/h5-10,21,23,27,33H,3-4,11-12H2,1-2H3,(H,29,30)(H,31,32);2*1H2. The molecule has 2 aliphatic carbocycles. The fraction of sp³-hybridized carbons (Fsp3) is 0.333. The van der Waals surface area contributed by atoms with Gasteiger partial charge >= 0.3 is 23.5 Å². The van der Waals surface area contributed by atoms with Gasteiger partial charge in [-0.05, 0) is 32.1 Å². The number of aliphatic carboxylic acids is 2. The number of hydrogen-bond acceptors (Lipinski definition) is 8. The van der Waals surface area contributed by atoms with Gasteiger partial charge in [-0.25, -0.2) is 0 Å². The zero-order chi connectivity index (χ0) is 25.2. The van der Waals surface area contributed by atoms with E-state index in [1.165, 1.54) is 24.3 Å². The molecule has 0 radical (unpaired) electrons. The van der Waals surface area contributed by atoms with Crippen LogP contribution in [0.25, 0.3) is 0 Å². The van der Waals surface area contributed by atoms with Gasteiger partial charge in [0.25, 0.3) is 0 Å². The Balaban J connectivity index is 0.00000324. The fourth-order valence-electron chi connectivity index (χ4n) is 4.19. The minimum absolute atomic E-state index is 0. The zero-order valence-corrected chi connectivity index (χ0v) is 19.7. The van der Waals surface area contributed by atoms with Gasteiger partial charge < -0.3 is 41.2 Å². The van der Waals surface area contributed by atoms with Crippen molar-refractivity contribution in [1.82, 2.24) is 4.90 Å². The summed E-state index contributed by atoms with van der Waals surface area (Å²) >= 11 is 0. The third kappa shape index (κ3) is 5.79. The lowest BCUT2D eigenvalue weighted by Gasteiger charge is -2.32. The molecular formula is C24H30N2O10. The van der Waals surface area contributed by atoms with Crippen LogP contribution in [0.2, 0.25) is 0 Å². The number of allylic oxidation sites excluding steroid dienone is 4. The van der Waals surface area contributed by atoms with Crippen molar-refractivity contribution in [3.8, 4) is 5.75 Å². The van der Waals surface area contributed by atoms with E-state index in [-0.39, 0.29) is 58.1 Å². The number of likely N-dealkylation sites (N-methyl/N-ethyl adjacent to an activating group) is 2. The number of carboxylic acids is 2. The van der Waals surface area contributed by atoms with Gasteiger partial charge in [-0.1, -0.05) is 6.07 Å². The lowest BCUT2D eigenvalue weighted by molar-refractivity contribution is -0.138. The number of carbonyl (C=O) groups excluding carboxylic acids is 2. The Labute approximate surface area is 206 Å². The highest BCUT2D eigenvalue weighted by atomic mass is 16.4. The Morgan fingerprint density at radius 2 is 1.56 bits per heavy atom. The van der Waals surface area contributed by atoms with Gasteiger partial charge in [0.15, 0.2) is 0 Å². The van der Waals surface area contributed by atoms with E-state index in [4.69, 9.17) is 10.2 Å². The van der Waals surface area contributed by atoms with Crippen LogP contribution >= 0.6 is 0 Å². The smallest absolute Gasteiger partial charge is 0.349 e. The summed E-state index contributed by atoms with van der Waals surface area (Å²) in [6.45, 7) is 3.88. The number of aromatic hydroxyl groups is 1. The summed E-state index contributed by atoms with van der Waals surface area (Å²) in [4.78, 5) is 46.4. The molecule has 0 bridgehead atoms. The molecule has 2 unspecified atom stereocenters.